The molecule has 0 spiro atoms. The molecule has 0 saturated heterocycles. The smallest absolute Gasteiger partial charge is 0.146 e. The second-order valence-corrected chi connectivity index (χ2v) is 4.19. The zero-order valence-electron chi connectivity index (χ0n) is 10.5. The van der Waals surface area contributed by atoms with Gasteiger partial charge >= 0.3 is 0 Å². The molecule has 0 amide bonds. The van der Waals surface area contributed by atoms with Crippen LogP contribution in [-0.2, 0) is 7.05 Å². The molecule has 0 aliphatic carbocycles. The van der Waals surface area contributed by atoms with Crippen LogP contribution in [0.5, 0.6) is 0 Å². The predicted octanol–water partition coefficient (Wildman–Crippen LogP) is 2.79. The van der Waals surface area contributed by atoms with Crippen LogP contribution in [0.3, 0.4) is 0 Å². The Bertz CT molecular complexity index is 617. The molecule has 2 rings (SSSR count). The first kappa shape index (κ1) is 12.1. The second kappa shape index (κ2) is 4.49. The Labute approximate surface area is 105 Å². The molecule has 18 heavy (non-hydrogen) atoms. The number of hydrogen-bond acceptors (Lipinski definition) is 3. The first-order chi connectivity index (χ1) is 8.51. The van der Waals surface area contributed by atoms with E-state index in [4.69, 9.17) is 5.26 Å². The highest BCUT2D eigenvalue weighted by molar-refractivity contribution is 5.64. The molecule has 1 N–H and O–H groups in total. The minimum absolute atomic E-state index is 0.310. The van der Waals surface area contributed by atoms with Gasteiger partial charge in [-0.15, -0.1) is 0 Å². The van der Waals surface area contributed by atoms with Crippen molar-refractivity contribution in [2.75, 3.05) is 5.32 Å². The van der Waals surface area contributed by atoms with Gasteiger partial charge in [0.15, 0.2) is 0 Å². The van der Waals surface area contributed by atoms with Crippen LogP contribution in [0, 0.1) is 31.0 Å². The Balaban J connectivity index is 2.43. The van der Waals surface area contributed by atoms with Crippen LogP contribution in [0.25, 0.3) is 0 Å². The van der Waals surface area contributed by atoms with E-state index >= 15 is 0 Å². The lowest BCUT2D eigenvalue weighted by atomic mass is 10.2. The Kier molecular flexibility index (Phi) is 3.02. The van der Waals surface area contributed by atoms with Gasteiger partial charge in [0.2, 0.25) is 0 Å². The van der Waals surface area contributed by atoms with Crippen molar-refractivity contribution in [2.24, 2.45) is 7.05 Å². The highest BCUT2D eigenvalue weighted by Gasteiger charge is 2.13. The molecule has 0 unspecified atom stereocenters. The summed E-state index contributed by atoms with van der Waals surface area (Å²) in [6.07, 6.45) is 0. The Morgan fingerprint density at radius 1 is 1.33 bits per heavy atom. The third-order valence-electron chi connectivity index (χ3n) is 2.64. The maximum absolute atomic E-state index is 13.3. The van der Waals surface area contributed by atoms with Gasteiger partial charge in [-0.05, 0) is 37.6 Å². The molecule has 4 nitrogen and oxygen atoms in total. The Morgan fingerprint density at radius 3 is 2.67 bits per heavy atom. The van der Waals surface area contributed by atoms with Gasteiger partial charge in [-0.2, -0.15) is 10.4 Å². The van der Waals surface area contributed by atoms with Crippen molar-refractivity contribution in [2.45, 2.75) is 13.8 Å². The standard InChI is InChI=1S/C13H13FN4/c1-8-4-10(14)6-11(5-8)16-13-12(7-15)9(2)17-18(13)3/h4-6,16H,1-3H3. The third kappa shape index (κ3) is 2.18. The largest absolute Gasteiger partial charge is 0.339 e. The van der Waals surface area contributed by atoms with Gasteiger partial charge < -0.3 is 5.32 Å². The molecule has 0 aliphatic rings. The summed E-state index contributed by atoms with van der Waals surface area (Å²) in [5, 5.41) is 16.3. The van der Waals surface area contributed by atoms with Crippen LogP contribution in [0.15, 0.2) is 18.2 Å². The SMILES string of the molecule is Cc1cc(F)cc(Nc2c(C#N)c(C)nn2C)c1. The van der Waals surface area contributed by atoms with Crippen LogP contribution in [0.4, 0.5) is 15.9 Å². The minimum atomic E-state index is -0.310. The number of anilines is 2. The molecule has 92 valence electrons. The van der Waals surface area contributed by atoms with E-state index in [0.717, 1.165) is 5.56 Å². The van der Waals surface area contributed by atoms with Crippen LogP contribution in [0.2, 0.25) is 0 Å². The van der Waals surface area contributed by atoms with E-state index in [2.05, 4.69) is 16.5 Å². The average molecular weight is 244 g/mol. The van der Waals surface area contributed by atoms with Crippen molar-refractivity contribution >= 4 is 11.5 Å². The van der Waals surface area contributed by atoms with Gasteiger partial charge in [0, 0.05) is 12.7 Å². The lowest BCUT2D eigenvalue weighted by Gasteiger charge is -2.08. The molecule has 1 aromatic carbocycles. The Morgan fingerprint density at radius 2 is 2.06 bits per heavy atom. The first-order valence-electron chi connectivity index (χ1n) is 5.49. The number of halogens is 1. The summed E-state index contributed by atoms with van der Waals surface area (Å²) >= 11 is 0. The van der Waals surface area contributed by atoms with Gasteiger partial charge in [-0.25, -0.2) is 4.39 Å². The molecule has 0 atom stereocenters. The van der Waals surface area contributed by atoms with Crippen LogP contribution >= 0.6 is 0 Å². The van der Waals surface area contributed by atoms with E-state index in [1.54, 1.807) is 18.7 Å². The lowest BCUT2D eigenvalue weighted by Crippen LogP contribution is -2.01. The third-order valence-corrected chi connectivity index (χ3v) is 2.64. The summed E-state index contributed by atoms with van der Waals surface area (Å²) in [4.78, 5) is 0. The van der Waals surface area contributed by atoms with Crippen molar-refractivity contribution in [1.82, 2.24) is 9.78 Å². The monoisotopic (exact) mass is 244 g/mol. The van der Waals surface area contributed by atoms with Crippen molar-refractivity contribution in [1.29, 1.82) is 5.26 Å². The summed E-state index contributed by atoms with van der Waals surface area (Å²) < 4.78 is 14.9. The summed E-state index contributed by atoms with van der Waals surface area (Å²) in [6.45, 7) is 3.58. The maximum Gasteiger partial charge on any atom is 0.146 e. The zero-order chi connectivity index (χ0) is 13.3. The molecule has 5 heteroatoms. The van der Waals surface area contributed by atoms with E-state index < -0.39 is 0 Å². The quantitative estimate of drug-likeness (QED) is 0.883. The number of nitrogens with zero attached hydrogens (tertiary/aromatic N) is 3. The Hall–Kier alpha value is -2.35. The number of aromatic nitrogens is 2. The molecule has 0 fully saturated rings. The summed E-state index contributed by atoms with van der Waals surface area (Å²) in [6, 6.07) is 6.74. The number of aryl methyl sites for hydroxylation is 3. The van der Waals surface area contributed by atoms with Gasteiger partial charge in [-0.3, -0.25) is 4.68 Å². The minimum Gasteiger partial charge on any atom is -0.339 e. The van der Waals surface area contributed by atoms with E-state index in [1.807, 2.05) is 13.0 Å². The molecule has 0 aliphatic heterocycles. The summed E-state index contributed by atoms with van der Waals surface area (Å²) in [5.41, 5.74) is 2.54. The zero-order valence-corrected chi connectivity index (χ0v) is 10.5. The van der Waals surface area contributed by atoms with Crippen molar-refractivity contribution in [3.63, 3.8) is 0 Å². The molecular formula is C13H13FN4. The molecule has 1 heterocycles. The molecule has 0 saturated carbocycles. The van der Waals surface area contributed by atoms with Gasteiger partial charge in [-0.1, -0.05) is 0 Å². The normalized spacial score (nSPS) is 10.2. The van der Waals surface area contributed by atoms with Crippen LogP contribution < -0.4 is 5.32 Å². The topological polar surface area (TPSA) is 53.6 Å². The number of rotatable bonds is 2. The van der Waals surface area contributed by atoms with Crippen LogP contribution in [-0.4, -0.2) is 9.78 Å². The van der Waals surface area contributed by atoms with Gasteiger partial charge in [0.1, 0.15) is 23.3 Å². The van der Waals surface area contributed by atoms with E-state index in [0.29, 0.717) is 22.8 Å². The van der Waals surface area contributed by atoms with Crippen molar-refractivity contribution in [3.8, 4) is 6.07 Å². The lowest BCUT2D eigenvalue weighted by molar-refractivity contribution is 0.627. The molecular weight excluding hydrogens is 231 g/mol. The van der Waals surface area contributed by atoms with E-state index in [1.165, 1.54) is 12.1 Å². The molecule has 0 radical (unpaired) electrons. The predicted molar refractivity (Wildman–Crippen MR) is 67.1 cm³/mol. The van der Waals surface area contributed by atoms with E-state index in [-0.39, 0.29) is 5.82 Å². The highest BCUT2D eigenvalue weighted by Crippen LogP contribution is 2.23. The summed E-state index contributed by atoms with van der Waals surface area (Å²) in [5.74, 6) is 0.259. The fraction of sp³-hybridized carbons (Fsp3) is 0.231. The van der Waals surface area contributed by atoms with Crippen molar-refractivity contribution in [3.05, 3.63) is 40.8 Å². The molecule has 0 bridgehead atoms. The van der Waals surface area contributed by atoms with E-state index in [9.17, 15) is 4.39 Å². The number of nitrogens with one attached hydrogen (secondary N) is 1. The highest BCUT2D eigenvalue weighted by atomic mass is 19.1. The van der Waals surface area contributed by atoms with Crippen LogP contribution in [0.1, 0.15) is 16.8 Å². The first-order valence-corrected chi connectivity index (χ1v) is 5.49. The fourth-order valence-electron chi connectivity index (χ4n) is 1.88. The summed E-state index contributed by atoms with van der Waals surface area (Å²) in [7, 11) is 1.74. The van der Waals surface area contributed by atoms with Crippen molar-refractivity contribution < 1.29 is 4.39 Å². The maximum atomic E-state index is 13.3. The number of nitriles is 1. The number of hydrogen-bond donors (Lipinski definition) is 1. The molecule has 1 aromatic heterocycles. The van der Waals surface area contributed by atoms with Gasteiger partial charge in [0.25, 0.3) is 0 Å². The number of benzene rings is 1. The van der Waals surface area contributed by atoms with Gasteiger partial charge in [0.05, 0.1) is 5.69 Å². The second-order valence-electron chi connectivity index (χ2n) is 4.19. The fourth-order valence-corrected chi connectivity index (χ4v) is 1.88. The average Bonchev–Trinajstić information content (AvgIpc) is 2.52. The molecule has 2 aromatic rings.